The van der Waals surface area contributed by atoms with Gasteiger partial charge in [0.25, 0.3) is 0 Å². The van der Waals surface area contributed by atoms with Gasteiger partial charge in [0.15, 0.2) is 0 Å². The van der Waals surface area contributed by atoms with E-state index >= 15 is 0 Å². The fourth-order valence-corrected chi connectivity index (χ4v) is 7.60. The van der Waals surface area contributed by atoms with Crippen LogP contribution in [-0.4, -0.2) is 73.3 Å². The van der Waals surface area contributed by atoms with E-state index in [9.17, 15) is 0 Å². The van der Waals surface area contributed by atoms with E-state index < -0.39 is 0 Å². The molecule has 0 radical (unpaired) electrons. The second kappa shape index (κ2) is 47.5. The van der Waals surface area contributed by atoms with Gasteiger partial charge >= 0.3 is 0 Å². The monoisotopic (exact) mass is 1160 g/mol. The number of aliphatic imine (C=N–C) groups is 2. The predicted molar refractivity (Wildman–Crippen MR) is 380 cm³/mol. The third-order valence-electron chi connectivity index (χ3n) is 12.6. The molecule has 8 aromatic rings. The average Bonchev–Trinajstić information content (AvgIpc) is 3.67. The molecule has 460 valence electrons. The van der Waals surface area contributed by atoms with Crippen molar-refractivity contribution in [1.82, 2.24) is 0 Å². The summed E-state index contributed by atoms with van der Waals surface area (Å²) in [6, 6.07) is 50.3. The highest BCUT2D eigenvalue weighted by atomic mass is 32.2. The second-order valence-electron chi connectivity index (χ2n) is 21.2. The van der Waals surface area contributed by atoms with E-state index in [4.69, 9.17) is 18.9 Å². The van der Waals surface area contributed by atoms with Crippen molar-refractivity contribution in [2.24, 2.45) is 15.4 Å². The molecule has 0 aromatic heterocycles. The lowest BCUT2D eigenvalue weighted by Crippen LogP contribution is -2.15. The maximum atomic E-state index is 5.36. The van der Waals surface area contributed by atoms with Gasteiger partial charge in [0.1, 0.15) is 17.2 Å². The molecule has 84 heavy (non-hydrogen) atoms. The Morgan fingerprint density at radius 2 is 0.869 bits per heavy atom. The highest BCUT2D eigenvalue weighted by molar-refractivity contribution is 8.11. The van der Waals surface area contributed by atoms with Crippen LogP contribution >= 0.6 is 11.8 Å². The molecule has 0 fully saturated rings. The molecule has 8 heteroatoms. The zero-order valence-electron chi connectivity index (χ0n) is 56.5. The SMILES string of the molecule is C/C=C\CC.C/C=C\OC.CCC(C)(C)C.CCC=NC.CCc1ccc2ccccc2c1C.CN=CSC.COC(C)(C)C.COc1c(C)ccc2ccccc12.COc1c(C)ccc2ccccc12.COc1ccc2ccccc2c1C. The Morgan fingerprint density at radius 3 is 1.13 bits per heavy atom. The van der Waals surface area contributed by atoms with Gasteiger partial charge in [-0.25, -0.2) is 0 Å². The van der Waals surface area contributed by atoms with Crippen molar-refractivity contribution in [3.8, 4) is 17.2 Å². The van der Waals surface area contributed by atoms with Gasteiger partial charge in [0.05, 0.1) is 45.8 Å². The molecule has 0 bridgehead atoms. The fourth-order valence-electron chi connectivity index (χ4n) is 7.39. The Morgan fingerprint density at radius 1 is 0.476 bits per heavy atom. The Labute approximate surface area is 516 Å². The van der Waals surface area contributed by atoms with Gasteiger partial charge in [-0.1, -0.05) is 213 Å². The van der Waals surface area contributed by atoms with Crippen LogP contribution in [0.25, 0.3) is 43.1 Å². The zero-order chi connectivity index (χ0) is 63.9. The van der Waals surface area contributed by atoms with Crippen LogP contribution in [0.4, 0.5) is 0 Å². The lowest BCUT2D eigenvalue weighted by Gasteiger charge is -2.14. The molecular formula is C76H110N2O5S. The van der Waals surface area contributed by atoms with Crippen LogP contribution in [0, 0.1) is 33.1 Å². The minimum absolute atomic E-state index is 0.0417. The summed E-state index contributed by atoms with van der Waals surface area (Å²) in [5.41, 5.74) is 8.84. The summed E-state index contributed by atoms with van der Waals surface area (Å²) in [7, 11) is 12.0. The predicted octanol–water partition coefficient (Wildman–Crippen LogP) is 22.3. The van der Waals surface area contributed by atoms with Gasteiger partial charge in [0, 0.05) is 32.0 Å². The van der Waals surface area contributed by atoms with Crippen molar-refractivity contribution in [3.05, 3.63) is 198 Å². The smallest absolute Gasteiger partial charge is 0.129 e. The molecule has 0 N–H and O–H groups in total. The fraction of sp³-hybridized carbons (Fsp3) is 0.395. The summed E-state index contributed by atoms with van der Waals surface area (Å²) < 4.78 is 25.4. The number of hydrogen-bond acceptors (Lipinski definition) is 8. The molecule has 0 saturated heterocycles. The molecule has 7 nitrogen and oxygen atoms in total. The average molecular weight is 1160 g/mol. The molecule has 0 spiro atoms. The Hall–Kier alpha value is -6.87. The van der Waals surface area contributed by atoms with Crippen LogP contribution in [0.15, 0.2) is 180 Å². The van der Waals surface area contributed by atoms with Crippen LogP contribution in [-0.2, 0) is 15.9 Å². The highest BCUT2D eigenvalue weighted by Crippen LogP contribution is 2.30. The lowest BCUT2D eigenvalue weighted by molar-refractivity contribution is 0.0397. The van der Waals surface area contributed by atoms with E-state index in [-0.39, 0.29) is 5.60 Å². The third kappa shape index (κ3) is 33.4. The van der Waals surface area contributed by atoms with Crippen molar-refractivity contribution < 1.29 is 23.7 Å². The van der Waals surface area contributed by atoms with Crippen molar-refractivity contribution >= 4 is 66.6 Å². The number of allylic oxidation sites excluding steroid dienone is 3. The van der Waals surface area contributed by atoms with Gasteiger partial charge in [0.2, 0.25) is 0 Å². The standard InChI is InChI=1S/C13H14.3C12H12O.C6H14.C5H12O.C5H10.C4H9N.C4H8O.C3H7NS/c1-3-11-8-9-12-6-4-5-7-13(12)10(11)2;1-9-11-6-4-3-5-10(11)7-8-12(9)13-2;2*1-9-7-8-10-5-3-4-6-11(10)12(9)13-2;1-5-6(2,3)4;1-5(2,3)6-4;1-3-5-4-2;2*1-3-4-5-2;1-4-3-5-2/h4-9H,3H2,1-2H3;3*3-8H,1-2H3;5H2,1-4H3;1-4H3;3,5H,4H2,1-2H3;4H,3H2,1-2H3;3-4H,1-2H3;3H,1-2H3/b;;;;;;5-3-;;4-3-;. The number of thioether (sulfide) groups is 1. The van der Waals surface area contributed by atoms with Crippen LogP contribution in [0.3, 0.4) is 0 Å². The van der Waals surface area contributed by atoms with Crippen LogP contribution in [0.5, 0.6) is 17.2 Å². The molecule has 8 aromatic carbocycles. The maximum absolute atomic E-state index is 5.36. The molecule has 0 aliphatic rings. The van der Waals surface area contributed by atoms with E-state index in [1.54, 1.807) is 73.2 Å². The number of methoxy groups -OCH3 is 5. The topological polar surface area (TPSA) is 70.9 Å². The summed E-state index contributed by atoms with van der Waals surface area (Å²) in [6.07, 6.45) is 16.1. The summed E-state index contributed by atoms with van der Waals surface area (Å²) in [6.45, 7) is 33.7. The second-order valence-corrected chi connectivity index (χ2v) is 21.9. The molecule has 0 atom stereocenters. The quantitative estimate of drug-likeness (QED) is 0.0653. The number of ether oxygens (including phenoxy) is 5. The summed E-state index contributed by atoms with van der Waals surface area (Å²) in [5, 5.41) is 10.1. The Balaban J connectivity index is 0. The molecule has 0 saturated carbocycles. The number of aryl methyl sites for hydroxylation is 5. The number of rotatable bonds is 8. The van der Waals surface area contributed by atoms with Gasteiger partial charge in [-0.3, -0.25) is 4.99 Å². The largest absolute Gasteiger partial charge is 0.505 e. The van der Waals surface area contributed by atoms with Crippen LogP contribution < -0.4 is 14.2 Å². The normalized spacial score (nSPS) is 10.5. The van der Waals surface area contributed by atoms with E-state index in [1.807, 2.05) is 89.6 Å². The minimum atomic E-state index is 0.0417. The first-order valence-corrected chi connectivity index (χ1v) is 30.6. The molecule has 0 unspecified atom stereocenters. The highest BCUT2D eigenvalue weighted by Gasteiger charge is 2.07. The van der Waals surface area contributed by atoms with E-state index in [2.05, 4.69) is 212 Å². The molecule has 0 aliphatic carbocycles. The first kappa shape index (κ1) is 79.2. The first-order valence-electron chi connectivity index (χ1n) is 29.3. The summed E-state index contributed by atoms with van der Waals surface area (Å²) in [4.78, 5) is 7.42. The Kier molecular flexibility index (Phi) is 44.8. The molecule has 8 rings (SSSR count). The van der Waals surface area contributed by atoms with Gasteiger partial charge < -0.3 is 28.7 Å². The summed E-state index contributed by atoms with van der Waals surface area (Å²) >= 11 is 1.61. The number of hydrogen-bond donors (Lipinski definition) is 0. The zero-order valence-corrected chi connectivity index (χ0v) is 57.3. The number of fused-ring (bicyclic) bond motifs is 4. The van der Waals surface area contributed by atoms with Gasteiger partial charge in [-0.15, -0.1) is 11.8 Å². The van der Waals surface area contributed by atoms with E-state index in [0.29, 0.717) is 5.41 Å². The van der Waals surface area contributed by atoms with Crippen molar-refractivity contribution in [3.63, 3.8) is 0 Å². The van der Waals surface area contributed by atoms with Crippen molar-refractivity contribution in [1.29, 1.82) is 0 Å². The molecule has 0 amide bonds. The minimum Gasteiger partial charge on any atom is -0.505 e. The van der Waals surface area contributed by atoms with Crippen molar-refractivity contribution in [2.75, 3.05) is 55.9 Å². The molecule has 0 heterocycles. The van der Waals surface area contributed by atoms with Gasteiger partial charge in [-0.2, -0.15) is 0 Å². The van der Waals surface area contributed by atoms with Gasteiger partial charge in [-0.05, 0) is 166 Å². The van der Waals surface area contributed by atoms with E-state index in [1.165, 1.54) is 77.3 Å². The number of benzene rings is 8. The molecular weight excluding hydrogens is 1050 g/mol. The Bertz CT molecular complexity index is 2860. The van der Waals surface area contributed by atoms with E-state index in [0.717, 1.165) is 36.5 Å². The molecule has 0 aliphatic heterocycles. The van der Waals surface area contributed by atoms with Crippen molar-refractivity contribution in [2.45, 2.75) is 142 Å². The third-order valence-corrected chi connectivity index (χ3v) is 13.0. The van der Waals surface area contributed by atoms with Crippen LogP contribution in [0.1, 0.15) is 130 Å². The van der Waals surface area contributed by atoms with Crippen LogP contribution in [0.2, 0.25) is 0 Å². The maximum Gasteiger partial charge on any atom is 0.129 e. The lowest BCUT2D eigenvalue weighted by atomic mass is 9.94. The number of nitrogens with zero attached hydrogens (tertiary/aromatic N) is 2. The first-order chi connectivity index (χ1) is 40.1. The summed E-state index contributed by atoms with van der Waals surface area (Å²) in [5.74, 6) is 2.93.